The Morgan fingerprint density at radius 3 is 2.59 bits per heavy atom. The van der Waals surface area contributed by atoms with Gasteiger partial charge in [0.25, 0.3) is 0 Å². The Labute approximate surface area is 200 Å². The average molecular weight is 460 g/mol. The molecule has 1 fully saturated rings. The monoisotopic (exact) mass is 459 g/mol. The third kappa shape index (κ3) is 5.44. The Morgan fingerprint density at radius 1 is 1.03 bits per heavy atom. The fourth-order valence-corrected chi connectivity index (χ4v) is 4.34. The van der Waals surface area contributed by atoms with E-state index in [-0.39, 0.29) is 0 Å². The van der Waals surface area contributed by atoms with E-state index < -0.39 is 5.79 Å². The molecule has 1 unspecified atom stereocenters. The summed E-state index contributed by atoms with van der Waals surface area (Å²) >= 11 is 0. The summed E-state index contributed by atoms with van der Waals surface area (Å²) in [7, 11) is 2.17. The first-order chi connectivity index (χ1) is 16.6. The minimum Gasteiger partial charge on any atom is -0.353 e. The molecule has 5 rings (SSSR count). The number of imidazole rings is 1. The standard InChI is InChI=1S/C25H33N9/c1-33-15-17-34(18-16-33)14-13-27-24-30-23(19-7-3-2-4-8-19)31-25(26,32-24)12-11-22-28-20-9-5-6-10-21(20)29-22/h2-10H,11-18,26H2,1H3,(H,28,29)(H2,27,30,31,32). The van der Waals surface area contributed by atoms with Crippen LogP contribution in [0, 0.1) is 0 Å². The van der Waals surface area contributed by atoms with Crippen LogP contribution in [0.15, 0.2) is 64.6 Å². The lowest BCUT2D eigenvalue weighted by Crippen LogP contribution is -2.58. The van der Waals surface area contributed by atoms with Crippen LogP contribution in [-0.4, -0.2) is 83.7 Å². The molecule has 2 aromatic carbocycles. The molecule has 0 spiro atoms. The van der Waals surface area contributed by atoms with E-state index >= 15 is 0 Å². The number of para-hydroxylation sites is 2. The van der Waals surface area contributed by atoms with E-state index in [9.17, 15) is 0 Å². The van der Waals surface area contributed by atoms with Crippen molar-refractivity contribution in [2.24, 2.45) is 15.7 Å². The largest absolute Gasteiger partial charge is 0.353 e. The Bertz CT molecular complexity index is 1130. The molecule has 0 amide bonds. The second-order valence-corrected chi connectivity index (χ2v) is 9.08. The maximum absolute atomic E-state index is 6.77. The molecular weight excluding hydrogens is 426 g/mol. The lowest BCUT2D eigenvalue weighted by atomic mass is 10.1. The van der Waals surface area contributed by atoms with Crippen molar-refractivity contribution in [1.82, 2.24) is 30.4 Å². The predicted molar refractivity (Wildman–Crippen MR) is 137 cm³/mol. The van der Waals surface area contributed by atoms with E-state index in [1.807, 2.05) is 54.6 Å². The molecule has 34 heavy (non-hydrogen) atoms. The Kier molecular flexibility index (Phi) is 6.57. The first kappa shape index (κ1) is 22.5. The van der Waals surface area contributed by atoms with Crippen molar-refractivity contribution in [3.05, 3.63) is 66.0 Å². The van der Waals surface area contributed by atoms with Crippen molar-refractivity contribution in [2.45, 2.75) is 18.6 Å². The molecule has 3 aromatic rings. The number of nitrogens with zero attached hydrogens (tertiary/aromatic N) is 5. The zero-order valence-corrected chi connectivity index (χ0v) is 19.7. The van der Waals surface area contributed by atoms with Gasteiger partial charge in [0.15, 0.2) is 5.79 Å². The number of rotatable bonds is 7. The molecule has 2 aliphatic heterocycles. The number of H-pyrrole nitrogens is 1. The zero-order chi connectivity index (χ0) is 23.4. The molecule has 9 heteroatoms. The van der Waals surface area contributed by atoms with Gasteiger partial charge in [-0.2, -0.15) is 4.99 Å². The van der Waals surface area contributed by atoms with E-state index in [4.69, 9.17) is 15.7 Å². The van der Waals surface area contributed by atoms with Crippen LogP contribution in [0.25, 0.3) is 11.0 Å². The number of amidine groups is 1. The lowest BCUT2D eigenvalue weighted by Gasteiger charge is -2.33. The van der Waals surface area contributed by atoms with Gasteiger partial charge in [0.1, 0.15) is 11.7 Å². The molecule has 1 aromatic heterocycles. The third-order valence-electron chi connectivity index (χ3n) is 6.39. The number of fused-ring (bicyclic) bond motifs is 1. The predicted octanol–water partition coefficient (Wildman–Crippen LogP) is 1.35. The van der Waals surface area contributed by atoms with Gasteiger partial charge in [-0.1, -0.05) is 42.5 Å². The van der Waals surface area contributed by atoms with Gasteiger partial charge in [-0.05, 0) is 19.2 Å². The number of hydrogen-bond acceptors (Lipinski definition) is 8. The summed E-state index contributed by atoms with van der Waals surface area (Å²) in [5, 5.41) is 6.79. The third-order valence-corrected chi connectivity index (χ3v) is 6.39. The summed E-state index contributed by atoms with van der Waals surface area (Å²) in [4.78, 5) is 22.4. The fourth-order valence-electron chi connectivity index (χ4n) is 4.34. The van der Waals surface area contributed by atoms with Crippen molar-refractivity contribution < 1.29 is 0 Å². The summed E-state index contributed by atoms with van der Waals surface area (Å²) in [5.74, 6) is 1.21. The smallest absolute Gasteiger partial charge is 0.223 e. The van der Waals surface area contributed by atoms with Gasteiger partial charge < -0.3 is 20.5 Å². The van der Waals surface area contributed by atoms with Crippen LogP contribution in [0.4, 0.5) is 0 Å². The molecule has 1 saturated heterocycles. The summed E-state index contributed by atoms with van der Waals surface area (Å²) < 4.78 is 0. The van der Waals surface area contributed by atoms with Crippen LogP contribution in [-0.2, 0) is 6.42 Å². The molecule has 2 aliphatic rings. The van der Waals surface area contributed by atoms with Crippen molar-refractivity contribution in [3.8, 4) is 0 Å². The number of aromatic nitrogens is 2. The molecule has 0 bridgehead atoms. The van der Waals surface area contributed by atoms with Gasteiger partial charge >= 0.3 is 0 Å². The second kappa shape index (κ2) is 9.92. The van der Waals surface area contributed by atoms with Crippen molar-refractivity contribution in [2.75, 3.05) is 46.3 Å². The minimum atomic E-state index is -0.984. The number of nitrogens with two attached hydrogens (primary N) is 1. The summed E-state index contributed by atoms with van der Waals surface area (Å²) in [6, 6.07) is 18.1. The highest BCUT2D eigenvalue weighted by Crippen LogP contribution is 2.17. The molecule has 0 radical (unpaired) electrons. The number of aromatic amines is 1. The second-order valence-electron chi connectivity index (χ2n) is 9.08. The van der Waals surface area contributed by atoms with E-state index in [0.29, 0.717) is 18.8 Å². The van der Waals surface area contributed by atoms with Gasteiger partial charge in [0.05, 0.1) is 11.0 Å². The van der Waals surface area contributed by atoms with Crippen LogP contribution in [0.2, 0.25) is 0 Å². The van der Waals surface area contributed by atoms with E-state index in [1.54, 1.807) is 0 Å². The van der Waals surface area contributed by atoms with Crippen LogP contribution in [0.1, 0.15) is 17.8 Å². The topological polar surface area (TPSA) is 110 Å². The number of hydrogen-bond donors (Lipinski definition) is 4. The summed E-state index contributed by atoms with van der Waals surface area (Å²) in [6.45, 7) is 6.11. The van der Waals surface area contributed by atoms with Gasteiger partial charge in [0.2, 0.25) is 5.96 Å². The number of aliphatic imine (C=N–C) groups is 2. The molecule has 0 saturated carbocycles. The minimum absolute atomic E-state index is 0.568. The zero-order valence-electron chi connectivity index (χ0n) is 19.7. The molecular formula is C25H33N9. The Hall–Kier alpha value is -3.27. The molecule has 1 atom stereocenters. The van der Waals surface area contributed by atoms with Crippen LogP contribution in [0.5, 0.6) is 0 Å². The van der Waals surface area contributed by atoms with Crippen molar-refractivity contribution in [1.29, 1.82) is 0 Å². The Balaban J connectivity index is 1.28. The first-order valence-electron chi connectivity index (χ1n) is 12.0. The number of likely N-dealkylation sites (N-methyl/N-ethyl adjacent to an activating group) is 1. The van der Waals surface area contributed by atoms with Gasteiger partial charge in [0, 0.05) is 57.7 Å². The molecule has 3 heterocycles. The number of guanidine groups is 1. The van der Waals surface area contributed by atoms with Crippen molar-refractivity contribution >= 4 is 22.8 Å². The number of benzene rings is 2. The fraction of sp³-hybridized carbons (Fsp3) is 0.400. The maximum atomic E-state index is 6.77. The van der Waals surface area contributed by atoms with Gasteiger partial charge in [-0.15, -0.1) is 0 Å². The van der Waals surface area contributed by atoms with E-state index in [0.717, 1.165) is 67.5 Å². The van der Waals surface area contributed by atoms with E-state index in [2.05, 4.69) is 37.4 Å². The maximum Gasteiger partial charge on any atom is 0.223 e. The molecule has 0 aliphatic carbocycles. The number of aryl methyl sites for hydroxylation is 1. The summed E-state index contributed by atoms with van der Waals surface area (Å²) in [5.41, 5.74) is 9.74. The summed E-state index contributed by atoms with van der Waals surface area (Å²) in [6.07, 6.45) is 1.24. The highest BCUT2D eigenvalue weighted by molar-refractivity contribution is 6.07. The first-order valence-corrected chi connectivity index (χ1v) is 12.0. The number of nitrogens with one attached hydrogen (secondary N) is 3. The number of piperazine rings is 1. The Morgan fingerprint density at radius 2 is 1.79 bits per heavy atom. The quantitative estimate of drug-likeness (QED) is 0.425. The molecule has 9 nitrogen and oxygen atoms in total. The van der Waals surface area contributed by atoms with E-state index in [1.165, 1.54) is 0 Å². The van der Waals surface area contributed by atoms with Gasteiger partial charge in [-0.25, -0.2) is 9.98 Å². The highest BCUT2D eigenvalue weighted by atomic mass is 15.4. The average Bonchev–Trinajstić information content (AvgIpc) is 3.28. The lowest BCUT2D eigenvalue weighted by molar-refractivity contribution is 0.156. The van der Waals surface area contributed by atoms with Gasteiger partial charge in [-0.3, -0.25) is 10.6 Å². The SMILES string of the molecule is CN1CCN(CCNC2=NC(N)(CCc3nc4ccccc4[nH]3)NC(c3ccccc3)=N2)CC1. The van der Waals surface area contributed by atoms with Crippen LogP contribution in [0.3, 0.4) is 0 Å². The van der Waals surface area contributed by atoms with Crippen molar-refractivity contribution in [3.63, 3.8) is 0 Å². The van der Waals surface area contributed by atoms with Crippen LogP contribution < -0.4 is 16.4 Å². The normalized spacial score (nSPS) is 21.7. The molecule has 178 valence electrons. The van der Waals surface area contributed by atoms with Crippen LogP contribution >= 0.6 is 0 Å². The molecule has 5 N–H and O–H groups in total. The highest BCUT2D eigenvalue weighted by Gasteiger charge is 2.30.